The van der Waals surface area contributed by atoms with E-state index < -0.39 is 0 Å². The third-order valence-corrected chi connectivity index (χ3v) is 4.45. The summed E-state index contributed by atoms with van der Waals surface area (Å²) in [5, 5.41) is 6.40. The zero-order valence-electron chi connectivity index (χ0n) is 13.6. The Balaban J connectivity index is 0.00000192. The molecule has 3 rings (SSSR count). The Morgan fingerprint density at radius 1 is 1.39 bits per heavy atom. The number of fused-ring (bicyclic) bond motifs is 1. The first-order valence-corrected chi connectivity index (χ1v) is 8.10. The molecule has 0 aromatic heterocycles. The lowest BCUT2D eigenvalue weighted by Crippen LogP contribution is -2.56. The van der Waals surface area contributed by atoms with Gasteiger partial charge in [-0.1, -0.05) is 25.1 Å². The lowest BCUT2D eigenvalue weighted by atomic mass is 9.96. The standard InChI is InChI=1S/C17H24N2O3.ClH/c1-3-12-5-4-6-13-14(7-9-22-16(12)13)19-17(20)15-11(2)21-10-8-18-15;/h4-6,11,14-15,18H,3,7-10H2,1-2H3,(H,19,20);1H/t11-,14?,15+;/m1./s1. The Bertz CT molecular complexity index is 553. The Morgan fingerprint density at radius 3 is 2.96 bits per heavy atom. The van der Waals surface area contributed by atoms with Crippen LogP contribution in [0.5, 0.6) is 5.75 Å². The molecule has 1 unspecified atom stereocenters. The van der Waals surface area contributed by atoms with Gasteiger partial charge < -0.3 is 20.1 Å². The van der Waals surface area contributed by atoms with Gasteiger partial charge in [-0.15, -0.1) is 12.4 Å². The fourth-order valence-corrected chi connectivity index (χ4v) is 3.21. The highest BCUT2D eigenvalue weighted by Gasteiger charge is 2.31. The van der Waals surface area contributed by atoms with Crippen molar-refractivity contribution in [2.75, 3.05) is 19.8 Å². The number of aryl methyl sites for hydroxylation is 1. The number of morpholine rings is 1. The predicted octanol–water partition coefficient (Wildman–Crippen LogP) is 1.99. The fraction of sp³-hybridized carbons (Fsp3) is 0.588. The molecule has 3 atom stereocenters. The van der Waals surface area contributed by atoms with Crippen molar-refractivity contribution in [3.8, 4) is 5.75 Å². The number of benzene rings is 1. The molecule has 1 fully saturated rings. The van der Waals surface area contributed by atoms with E-state index >= 15 is 0 Å². The van der Waals surface area contributed by atoms with Gasteiger partial charge in [0, 0.05) is 18.5 Å². The molecule has 23 heavy (non-hydrogen) atoms. The van der Waals surface area contributed by atoms with Crippen molar-refractivity contribution >= 4 is 18.3 Å². The molecule has 128 valence electrons. The monoisotopic (exact) mass is 340 g/mol. The van der Waals surface area contributed by atoms with E-state index in [1.807, 2.05) is 19.1 Å². The minimum atomic E-state index is -0.283. The average Bonchev–Trinajstić information content (AvgIpc) is 2.55. The summed E-state index contributed by atoms with van der Waals surface area (Å²) in [7, 11) is 0. The van der Waals surface area contributed by atoms with E-state index in [4.69, 9.17) is 9.47 Å². The topological polar surface area (TPSA) is 59.6 Å². The second-order valence-corrected chi connectivity index (χ2v) is 5.90. The predicted molar refractivity (Wildman–Crippen MR) is 91.3 cm³/mol. The lowest BCUT2D eigenvalue weighted by Gasteiger charge is -2.33. The van der Waals surface area contributed by atoms with Crippen molar-refractivity contribution in [3.05, 3.63) is 29.3 Å². The van der Waals surface area contributed by atoms with Crippen molar-refractivity contribution in [1.82, 2.24) is 10.6 Å². The molecule has 0 aliphatic carbocycles. The Morgan fingerprint density at radius 2 is 2.22 bits per heavy atom. The van der Waals surface area contributed by atoms with E-state index in [-0.39, 0.29) is 36.5 Å². The molecule has 1 amide bonds. The van der Waals surface area contributed by atoms with Crippen LogP contribution in [0.1, 0.15) is 37.4 Å². The largest absolute Gasteiger partial charge is 0.493 e. The summed E-state index contributed by atoms with van der Waals surface area (Å²) < 4.78 is 11.4. The van der Waals surface area contributed by atoms with Gasteiger partial charge in [0.15, 0.2) is 0 Å². The summed E-state index contributed by atoms with van der Waals surface area (Å²) in [6, 6.07) is 5.90. The Kier molecular flexibility index (Phi) is 6.27. The maximum Gasteiger partial charge on any atom is 0.240 e. The number of carbonyl (C=O) groups is 1. The van der Waals surface area contributed by atoms with Crippen LogP contribution in [0.25, 0.3) is 0 Å². The van der Waals surface area contributed by atoms with Crippen LogP contribution >= 0.6 is 12.4 Å². The zero-order chi connectivity index (χ0) is 15.5. The summed E-state index contributed by atoms with van der Waals surface area (Å²) in [6.07, 6.45) is 1.63. The van der Waals surface area contributed by atoms with Crippen molar-refractivity contribution in [1.29, 1.82) is 0 Å². The normalized spacial score (nSPS) is 26.4. The lowest BCUT2D eigenvalue weighted by molar-refractivity contribution is -0.129. The third-order valence-electron chi connectivity index (χ3n) is 4.45. The third kappa shape index (κ3) is 3.79. The van der Waals surface area contributed by atoms with E-state index in [9.17, 15) is 4.79 Å². The van der Waals surface area contributed by atoms with Gasteiger partial charge in [0.1, 0.15) is 11.8 Å². The first-order valence-electron chi connectivity index (χ1n) is 8.10. The van der Waals surface area contributed by atoms with Crippen molar-refractivity contribution in [2.24, 2.45) is 0 Å². The van der Waals surface area contributed by atoms with Gasteiger partial charge in [0.2, 0.25) is 5.91 Å². The molecule has 2 heterocycles. The number of rotatable bonds is 3. The quantitative estimate of drug-likeness (QED) is 0.883. The van der Waals surface area contributed by atoms with Crippen molar-refractivity contribution in [3.63, 3.8) is 0 Å². The Labute approximate surface area is 143 Å². The number of halogens is 1. The second-order valence-electron chi connectivity index (χ2n) is 5.90. The van der Waals surface area contributed by atoms with Crippen LogP contribution in [0.3, 0.4) is 0 Å². The molecular formula is C17H25ClN2O3. The highest BCUT2D eigenvalue weighted by molar-refractivity contribution is 5.85. The summed E-state index contributed by atoms with van der Waals surface area (Å²) in [6.45, 7) is 6.06. The van der Waals surface area contributed by atoms with E-state index in [0.29, 0.717) is 19.8 Å². The van der Waals surface area contributed by atoms with Gasteiger partial charge in [-0.25, -0.2) is 0 Å². The highest BCUT2D eigenvalue weighted by atomic mass is 35.5. The SMILES string of the molecule is CCc1cccc2c1OCCC2NC(=O)[C@H]1NCCO[C@@H]1C.Cl. The minimum Gasteiger partial charge on any atom is -0.493 e. The zero-order valence-corrected chi connectivity index (χ0v) is 14.4. The van der Waals surface area contributed by atoms with Gasteiger partial charge in [0.25, 0.3) is 0 Å². The Hall–Kier alpha value is -1.30. The number of carbonyl (C=O) groups excluding carboxylic acids is 1. The van der Waals surface area contributed by atoms with Gasteiger partial charge in [-0.3, -0.25) is 4.79 Å². The van der Waals surface area contributed by atoms with Crippen molar-refractivity contribution in [2.45, 2.75) is 44.9 Å². The minimum absolute atomic E-state index is 0. The van der Waals surface area contributed by atoms with E-state index in [2.05, 4.69) is 23.6 Å². The molecule has 1 saturated heterocycles. The average molecular weight is 341 g/mol. The number of hydrogen-bond donors (Lipinski definition) is 2. The van der Waals surface area contributed by atoms with Crippen LogP contribution in [-0.4, -0.2) is 37.8 Å². The van der Waals surface area contributed by atoms with Gasteiger partial charge >= 0.3 is 0 Å². The van der Waals surface area contributed by atoms with Crippen LogP contribution in [-0.2, 0) is 16.0 Å². The molecule has 0 bridgehead atoms. The van der Waals surface area contributed by atoms with Crippen LogP contribution in [0.4, 0.5) is 0 Å². The molecule has 1 aromatic carbocycles. The maximum absolute atomic E-state index is 12.5. The van der Waals surface area contributed by atoms with Crippen LogP contribution in [0.15, 0.2) is 18.2 Å². The number of ether oxygens (including phenoxy) is 2. The van der Waals surface area contributed by atoms with E-state index in [1.54, 1.807) is 0 Å². The molecule has 0 spiro atoms. The summed E-state index contributed by atoms with van der Waals surface area (Å²) in [5.74, 6) is 0.953. The van der Waals surface area contributed by atoms with Gasteiger partial charge in [-0.05, 0) is 18.9 Å². The number of nitrogens with one attached hydrogen (secondary N) is 2. The smallest absolute Gasteiger partial charge is 0.240 e. The molecule has 1 aromatic rings. The first-order chi connectivity index (χ1) is 10.7. The maximum atomic E-state index is 12.5. The van der Waals surface area contributed by atoms with Gasteiger partial charge in [0.05, 0.1) is 25.4 Å². The fourth-order valence-electron chi connectivity index (χ4n) is 3.21. The summed E-state index contributed by atoms with van der Waals surface area (Å²) >= 11 is 0. The van der Waals surface area contributed by atoms with E-state index in [0.717, 1.165) is 24.2 Å². The molecule has 2 aliphatic heterocycles. The van der Waals surface area contributed by atoms with E-state index in [1.165, 1.54) is 5.56 Å². The summed E-state index contributed by atoms with van der Waals surface area (Å²) in [5.41, 5.74) is 2.28. The molecule has 0 radical (unpaired) electrons. The molecular weight excluding hydrogens is 316 g/mol. The molecule has 6 heteroatoms. The van der Waals surface area contributed by atoms with Gasteiger partial charge in [-0.2, -0.15) is 0 Å². The second kappa shape index (κ2) is 7.99. The number of amides is 1. The number of para-hydroxylation sites is 1. The highest BCUT2D eigenvalue weighted by Crippen LogP contribution is 2.35. The van der Waals surface area contributed by atoms with Crippen LogP contribution in [0.2, 0.25) is 0 Å². The molecule has 0 saturated carbocycles. The molecule has 2 N–H and O–H groups in total. The summed E-state index contributed by atoms with van der Waals surface area (Å²) in [4.78, 5) is 12.5. The van der Waals surface area contributed by atoms with Crippen molar-refractivity contribution < 1.29 is 14.3 Å². The molecule has 5 nitrogen and oxygen atoms in total. The first kappa shape index (κ1) is 18.0. The molecule has 2 aliphatic rings. The van der Waals surface area contributed by atoms with Crippen LogP contribution in [0, 0.1) is 0 Å². The number of hydrogen-bond acceptors (Lipinski definition) is 4. The van der Waals surface area contributed by atoms with Crippen LogP contribution < -0.4 is 15.4 Å².